The number of halogens is 3. The van der Waals surface area contributed by atoms with Crippen molar-refractivity contribution < 1.29 is 17.9 Å². The van der Waals surface area contributed by atoms with Crippen molar-refractivity contribution in [3.8, 4) is 0 Å². The van der Waals surface area contributed by atoms with E-state index in [0.717, 1.165) is 25.6 Å². The Morgan fingerprint density at radius 3 is 2.74 bits per heavy atom. The summed E-state index contributed by atoms with van der Waals surface area (Å²) in [6.07, 6.45) is -0.795. The van der Waals surface area contributed by atoms with E-state index in [1.165, 1.54) is 18.6 Å². The lowest BCUT2D eigenvalue weighted by Crippen LogP contribution is -2.45. The zero-order chi connectivity index (χ0) is 19.5. The third-order valence-corrected chi connectivity index (χ3v) is 5.78. The number of likely N-dealkylation sites (tertiary alicyclic amines) is 1. The average molecular weight is 383 g/mol. The molecule has 0 aromatic heterocycles. The third kappa shape index (κ3) is 4.75. The van der Waals surface area contributed by atoms with Crippen LogP contribution < -0.4 is 5.73 Å². The SMILES string of the molecule is CC1CCCN(C(N)=NCC2(c3cccc(C(F)(F)F)c3)CCOCC2)C1. The largest absolute Gasteiger partial charge is 0.416 e. The Kier molecular flexibility index (Phi) is 5.99. The van der Waals surface area contributed by atoms with Crippen molar-refractivity contribution in [1.29, 1.82) is 0 Å². The van der Waals surface area contributed by atoms with Crippen molar-refractivity contribution in [3.63, 3.8) is 0 Å². The molecule has 27 heavy (non-hydrogen) atoms. The van der Waals surface area contributed by atoms with Crippen molar-refractivity contribution >= 4 is 5.96 Å². The number of ether oxygens (including phenoxy) is 1. The van der Waals surface area contributed by atoms with Gasteiger partial charge in [0.15, 0.2) is 5.96 Å². The summed E-state index contributed by atoms with van der Waals surface area (Å²) in [4.78, 5) is 6.72. The normalized spacial score (nSPS) is 24.1. The Morgan fingerprint density at radius 1 is 1.33 bits per heavy atom. The number of benzene rings is 1. The molecule has 2 aliphatic heterocycles. The second kappa shape index (κ2) is 8.09. The zero-order valence-electron chi connectivity index (χ0n) is 15.8. The van der Waals surface area contributed by atoms with Crippen molar-refractivity contribution in [1.82, 2.24) is 4.90 Å². The summed E-state index contributed by atoms with van der Waals surface area (Å²) >= 11 is 0. The second-order valence-electron chi connectivity index (χ2n) is 7.84. The van der Waals surface area contributed by atoms with E-state index in [1.54, 1.807) is 6.07 Å². The van der Waals surface area contributed by atoms with Gasteiger partial charge < -0.3 is 15.4 Å². The quantitative estimate of drug-likeness (QED) is 0.638. The fraction of sp³-hybridized carbons (Fsp3) is 0.650. The maximum absolute atomic E-state index is 13.2. The van der Waals surface area contributed by atoms with Gasteiger partial charge >= 0.3 is 6.18 Å². The van der Waals surface area contributed by atoms with E-state index in [2.05, 4.69) is 16.8 Å². The molecule has 1 aromatic rings. The molecule has 150 valence electrons. The van der Waals surface area contributed by atoms with Gasteiger partial charge in [-0.25, -0.2) is 0 Å². The minimum atomic E-state index is -4.35. The number of hydrogen-bond acceptors (Lipinski definition) is 2. The van der Waals surface area contributed by atoms with E-state index in [-0.39, 0.29) is 0 Å². The molecule has 1 aromatic carbocycles. The first-order chi connectivity index (χ1) is 12.8. The second-order valence-corrected chi connectivity index (χ2v) is 7.84. The van der Waals surface area contributed by atoms with Crippen molar-refractivity contribution in [3.05, 3.63) is 35.4 Å². The van der Waals surface area contributed by atoms with Gasteiger partial charge in [-0.1, -0.05) is 25.1 Å². The molecule has 2 heterocycles. The number of nitrogens with zero attached hydrogens (tertiary/aromatic N) is 2. The molecule has 0 aliphatic carbocycles. The van der Waals surface area contributed by atoms with Crippen LogP contribution in [0.25, 0.3) is 0 Å². The Morgan fingerprint density at radius 2 is 2.07 bits per heavy atom. The summed E-state index contributed by atoms with van der Waals surface area (Å²) in [6.45, 7) is 5.39. The van der Waals surface area contributed by atoms with Crippen molar-refractivity contribution in [2.75, 3.05) is 32.8 Å². The topological polar surface area (TPSA) is 50.8 Å². The monoisotopic (exact) mass is 383 g/mol. The lowest BCUT2D eigenvalue weighted by molar-refractivity contribution is -0.137. The van der Waals surface area contributed by atoms with E-state index < -0.39 is 17.2 Å². The predicted octanol–water partition coefficient (Wildman–Crippen LogP) is 3.80. The summed E-state index contributed by atoms with van der Waals surface area (Å²) in [5, 5.41) is 0. The van der Waals surface area contributed by atoms with Crippen LogP contribution in [0.5, 0.6) is 0 Å². The van der Waals surface area contributed by atoms with Crippen LogP contribution in [-0.4, -0.2) is 43.7 Å². The fourth-order valence-electron chi connectivity index (χ4n) is 4.06. The van der Waals surface area contributed by atoms with Gasteiger partial charge in [-0.2, -0.15) is 13.2 Å². The summed E-state index contributed by atoms with van der Waals surface area (Å²) in [6, 6.07) is 5.63. The number of rotatable bonds is 3. The van der Waals surface area contributed by atoms with Gasteiger partial charge in [-0.05, 0) is 43.2 Å². The van der Waals surface area contributed by atoms with Gasteiger partial charge in [-0.3, -0.25) is 4.99 Å². The maximum atomic E-state index is 13.2. The number of alkyl halides is 3. The first kappa shape index (κ1) is 20.0. The lowest BCUT2D eigenvalue weighted by atomic mass is 9.74. The third-order valence-electron chi connectivity index (χ3n) is 5.78. The van der Waals surface area contributed by atoms with E-state index in [4.69, 9.17) is 10.5 Å². The highest BCUT2D eigenvalue weighted by Gasteiger charge is 2.37. The average Bonchev–Trinajstić information content (AvgIpc) is 2.66. The molecule has 2 fully saturated rings. The van der Waals surface area contributed by atoms with Crippen LogP contribution in [0.15, 0.2) is 29.3 Å². The van der Waals surface area contributed by atoms with Crippen LogP contribution in [0.2, 0.25) is 0 Å². The van der Waals surface area contributed by atoms with Gasteiger partial charge in [0.05, 0.1) is 12.1 Å². The summed E-state index contributed by atoms with van der Waals surface area (Å²) in [7, 11) is 0. The van der Waals surface area contributed by atoms with Gasteiger partial charge in [0.25, 0.3) is 0 Å². The first-order valence-corrected chi connectivity index (χ1v) is 9.60. The first-order valence-electron chi connectivity index (χ1n) is 9.60. The fourth-order valence-corrected chi connectivity index (χ4v) is 4.06. The minimum absolute atomic E-state index is 0.383. The number of nitrogens with two attached hydrogens (primary N) is 1. The highest BCUT2D eigenvalue weighted by atomic mass is 19.4. The van der Waals surface area contributed by atoms with E-state index in [9.17, 15) is 13.2 Å². The smallest absolute Gasteiger partial charge is 0.381 e. The molecule has 1 atom stereocenters. The highest BCUT2D eigenvalue weighted by molar-refractivity contribution is 5.78. The Balaban J connectivity index is 1.84. The Labute approximate surface area is 158 Å². The molecule has 0 saturated carbocycles. The van der Waals surface area contributed by atoms with Gasteiger partial charge in [0.1, 0.15) is 0 Å². The molecule has 0 spiro atoms. The van der Waals surface area contributed by atoms with Crippen molar-refractivity contribution in [2.45, 2.75) is 44.2 Å². The molecule has 7 heteroatoms. The molecule has 0 radical (unpaired) electrons. The molecule has 4 nitrogen and oxygen atoms in total. The van der Waals surface area contributed by atoms with Crippen molar-refractivity contribution in [2.24, 2.45) is 16.6 Å². The van der Waals surface area contributed by atoms with E-state index in [1.807, 2.05) is 0 Å². The number of guanidine groups is 1. The lowest BCUT2D eigenvalue weighted by Gasteiger charge is -2.38. The van der Waals surface area contributed by atoms with Gasteiger partial charge in [0, 0.05) is 31.7 Å². The highest BCUT2D eigenvalue weighted by Crippen LogP contribution is 2.38. The van der Waals surface area contributed by atoms with E-state index >= 15 is 0 Å². The van der Waals surface area contributed by atoms with Gasteiger partial charge in [0.2, 0.25) is 0 Å². The van der Waals surface area contributed by atoms with Crippen LogP contribution in [-0.2, 0) is 16.3 Å². The molecular weight excluding hydrogens is 355 g/mol. The van der Waals surface area contributed by atoms with Gasteiger partial charge in [-0.15, -0.1) is 0 Å². The zero-order valence-corrected chi connectivity index (χ0v) is 15.8. The van der Waals surface area contributed by atoms with E-state index in [0.29, 0.717) is 50.0 Å². The number of piperidine rings is 1. The molecule has 1 unspecified atom stereocenters. The van der Waals surface area contributed by atoms with Crippen LogP contribution in [0.3, 0.4) is 0 Å². The van der Waals surface area contributed by atoms with Crippen LogP contribution in [0, 0.1) is 5.92 Å². The van der Waals surface area contributed by atoms with Crippen LogP contribution in [0.1, 0.15) is 43.7 Å². The molecule has 0 bridgehead atoms. The molecule has 2 saturated heterocycles. The maximum Gasteiger partial charge on any atom is 0.416 e. The summed E-state index contributed by atoms with van der Waals surface area (Å²) in [5.41, 5.74) is 5.81. The summed E-state index contributed by atoms with van der Waals surface area (Å²) < 4.78 is 45.0. The molecule has 0 amide bonds. The molecular formula is C20H28F3N3O. The predicted molar refractivity (Wildman–Crippen MR) is 99.6 cm³/mol. The standard InChI is InChI=1S/C20H28F3N3O/c1-15-4-3-9-26(13-15)18(24)25-14-19(7-10-27-11-8-19)16-5-2-6-17(12-16)20(21,22)23/h2,5-6,12,15H,3-4,7-11,13-14H2,1H3,(H2,24,25). The summed E-state index contributed by atoms with van der Waals surface area (Å²) in [5.74, 6) is 1.08. The minimum Gasteiger partial charge on any atom is -0.381 e. The number of aliphatic imine (C=N–C) groups is 1. The molecule has 2 N–H and O–H groups in total. The Hall–Kier alpha value is -1.76. The number of hydrogen-bond donors (Lipinski definition) is 1. The van der Waals surface area contributed by atoms with Crippen LogP contribution in [0.4, 0.5) is 13.2 Å². The molecule has 2 aliphatic rings. The van der Waals surface area contributed by atoms with Crippen LogP contribution >= 0.6 is 0 Å². The Bertz CT molecular complexity index is 669. The molecule has 3 rings (SSSR count).